The van der Waals surface area contributed by atoms with Gasteiger partial charge in [0.15, 0.2) is 0 Å². The normalized spacial score (nSPS) is 19.8. The van der Waals surface area contributed by atoms with Crippen molar-refractivity contribution >= 4 is 29.9 Å². The van der Waals surface area contributed by atoms with E-state index < -0.39 is 6.10 Å². The predicted molar refractivity (Wildman–Crippen MR) is 82.3 cm³/mol. The fourth-order valence-electron chi connectivity index (χ4n) is 2.25. The number of halogens is 2. The van der Waals surface area contributed by atoms with E-state index >= 15 is 0 Å². The van der Waals surface area contributed by atoms with Gasteiger partial charge in [0.05, 0.1) is 12.1 Å². The van der Waals surface area contributed by atoms with Gasteiger partial charge in [0.1, 0.15) is 0 Å². The van der Waals surface area contributed by atoms with Gasteiger partial charge >= 0.3 is 0 Å². The van der Waals surface area contributed by atoms with Crippen molar-refractivity contribution in [3.05, 3.63) is 34.9 Å². The molecule has 1 heterocycles. The van der Waals surface area contributed by atoms with Crippen LogP contribution in [0, 0.1) is 0 Å². The number of benzene rings is 1. The Morgan fingerprint density at radius 1 is 1.45 bits per heavy atom. The fourth-order valence-corrected chi connectivity index (χ4v) is 2.51. The molecule has 112 valence electrons. The Hall–Kier alpha value is -0.810. The van der Waals surface area contributed by atoms with Crippen molar-refractivity contribution in [1.29, 1.82) is 0 Å². The summed E-state index contributed by atoms with van der Waals surface area (Å²) in [4.78, 5) is 11.9. The van der Waals surface area contributed by atoms with Crippen molar-refractivity contribution in [2.24, 2.45) is 0 Å². The van der Waals surface area contributed by atoms with Gasteiger partial charge in [-0.05, 0) is 25.5 Å². The predicted octanol–water partition coefficient (Wildman–Crippen LogP) is 2.05. The van der Waals surface area contributed by atoms with Crippen LogP contribution in [0.3, 0.4) is 0 Å². The standard InChI is InChI=1S/C14H19ClN2O2.ClH/c15-11-6-2-1-5-10(11)13(18)9-17-14(19)12-7-3-4-8-16-12;/h1-2,5-6,12-13,16,18H,3-4,7-9H2,(H,17,19);1H. The number of aliphatic hydroxyl groups is 1. The van der Waals surface area contributed by atoms with E-state index in [2.05, 4.69) is 10.6 Å². The molecule has 6 heteroatoms. The summed E-state index contributed by atoms with van der Waals surface area (Å²) in [6.07, 6.45) is 2.26. The number of aliphatic hydroxyl groups excluding tert-OH is 1. The molecule has 2 unspecified atom stereocenters. The molecular weight excluding hydrogens is 299 g/mol. The number of carbonyl (C=O) groups excluding carboxylic acids is 1. The molecular formula is C14H20Cl2N2O2. The lowest BCUT2D eigenvalue weighted by Crippen LogP contribution is -2.47. The quantitative estimate of drug-likeness (QED) is 0.796. The summed E-state index contributed by atoms with van der Waals surface area (Å²) in [7, 11) is 0. The van der Waals surface area contributed by atoms with E-state index in [0.29, 0.717) is 10.6 Å². The van der Waals surface area contributed by atoms with Crippen molar-refractivity contribution in [2.75, 3.05) is 13.1 Å². The zero-order chi connectivity index (χ0) is 13.7. The largest absolute Gasteiger partial charge is 0.387 e. The molecule has 1 saturated heterocycles. The molecule has 0 aromatic heterocycles. The lowest BCUT2D eigenvalue weighted by atomic mass is 10.0. The minimum absolute atomic E-state index is 0. The first-order valence-electron chi connectivity index (χ1n) is 6.62. The highest BCUT2D eigenvalue weighted by Gasteiger charge is 2.21. The van der Waals surface area contributed by atoms with E-state index in [-0.39, 0.29) is 30.9 Å². The van der Waals surface area contributed by atoms with E-state index in [1.54, 1.807) is 12.1 Å². The molecule has 20 heavy (non-hydrogen) atoms. The molecule has 3 N–H and O–H groups in total. The van der Waals surface area contributed by atoms with Gasteiger partial charge in [0.25, 0.3) is 0 Å². The van der Waals surface area contributed by atoms with Gasteiger partial charge < -0.3 is 15.7 Å². The smallest absolute Gasteiger partial charge is 0.237 e. The first kappa shape index (κ1) is 17.2. The van der Waals surface area contributed by atoms with Crippen LogP contribution in [0.25, 0.3) is 0 Å². The number of hydrogen-bond acceptors (Lipinski definition) is 3. The van der Waals surface area contributed by atoms with Gasteiger partial charge in [0.2, 0.25) is 5.91 Å². The number of rotatable bonds is 4. The maximum absolute atomic E-state index is 11.9. The van der Waals surface area contributed by atoms with Crippen LogP contribution in [-0.2, 0) is 4.79 Å². The molecule has 1 amide bonds. The highest BCUT2D eigenvalue weighted by Crippen LogP contribution is 2.21. The molecule has 1 fully saturated rings. The second-order valence-electron chi connectivity index (χ2n) is 4.78. The van der Waals surface area contributed by atoms with Crippen LogP contribution < -0.4 is 10.6 Å². The van der Waals surface area contributed by atoms with E-state index in [1.807, 2.05) is 12.1 Å². The van der Waals surface area contributed by atoms with Crippen molar-refractivity contribution < 1.29 is 9.90 Å². The topological polar surface area (TPSA) is 61.4 Å². The molecule has 0 aliphatic carbocycles. The van der Waals surface area contributed by atoms with Crippen LogP contribution in [0.5, 0.6) is 0 Å². The lowest BCUT2D eigenvalue weighted by Gasteiger charge is -2.23. The van der Waals surface area contributed by atoms with Gasteiger partial charge in [-0.1, -0.05) is 36.2 Å². The highest BCUT2D eigenvalue weighted by atomic mass is 35.5. The molecule has 1 aliphatic heterocycles. The van der Waals surface area contributed by atoms with Crippen molar-refractivity contribution in [3.8, 4) is 0 Å². The highest BCUT2D eigenvalue weighted by molar-refractivity contribution is 6.31. The van der Waals surface area contributed by atoms with Crippen molar-refractivity contribution in [3.63, 3.8) is 0 Å². The zero-order valence-electron chi connectivity index (χ0n) is 11.1. The molecule has 0 saturated carbocycles. The third-order valence-electron chi connectivity index (χ3n) is 3.36. The van der Waals surface area contributed by atoms with Crippen LogP contribution in [0.4, 0.5) is 0 Å². The van der Waals surface area contributed by atoms with Gasteiger partial charge in [-0.25, -0.2) is 0 Å². The summed E-state index contributed by atoms with van der Waals surface area (Å²) < 4.78 is 0. The Morgan fingerprint density at radius 2 is 2.20 bits per heavy atom. The minimum atomic E-state index is -0.777. The van der Waals surface area contributed by atoms with Crippen molar-refractivity contribution in [2.45, 2.75) is 31.4 Å². The van der Waals surface area contributed by atoms with Crippen LogP contribution in [-0.4, -0.2) is 30.1 Å². The third kappa shape index (κ3) is 4.63. The number of hydrogen-bond donors (Lipinski definition) is 3. The Bertz CT molecular complexity index is 437. The average Bonchev–Trinajstić information content (AvgIpc) is 2.46. The molecule has 2 rings (SSSR count). The first-order valence-corrected chi connectivity index (χ1v) is 7.00. The molecule has 1 aromatic rings. The summed E-state index contributed by atoms with van der Waals surface area (Å²) in [6, 6.07) is 6.98. The number of amides is 1. The second-order valence-corrected chi connectivity index (χ2v) is 5.19. The van der Waals surface area contributed by atoms with E-state index in [9.17, 15) is 9.90 Å². The minimum Gasteiger partial charge on any atom is -0.387 e. The van der Waals surface area contributed by atoms with E-state index in [1.165, 1.54) is 0 Å². The number of nitrogens with one attached hydrogen (secondary N) is 2. The first-order chi connectivity index (χ1) is 9.18. The van der Waals surface area contributed by atoms with Crippen LogP contribution >= 0.6 is 24.0 Å². The summed E-state index contributed by atoms with van der Waals surface area (Å²) in [5.74, 6) is -0.0502. The maximum atomic E-state index is 11.9. The molecule has 1 aliphatic rings. The average molecular weight is 319 g/mol. The zero-order valence-corrected chi connectivity index (χ0v) is 12.7. The van der Waals surface area contributed by atoms with Crippen LogP contribution in [0.2, 0.25) is 5.02 Å². The Balaban J connectivity index is 0.00000200. The van der Waals surface area contributed by atoms with Crippen molar-refractivity contribution in [1.82, 2.24) is 10.6 Å². The van der Waals surface area contributed by atoms with Gasteiger partial charge in [-0.3, -0.25) is 4.79 Å². The molecule has 0 spiro atoms. The maximum Gasteiger partial charge on any atom is 0.237 e. The molecule has 0 bridgehead atoms. The Labute approximate surface area is 130 Å². The summed E-state index contributed by atoms with van der Waals surface area (Å²) in [5.41, 5.74) is 0.640. The van der Waals surface area contributed by atoms with Gasteiger partial charge in [-0.15, -0.1) is 12.4 Å². The molecule has 1 aromatic carbocycles. The Kier molecular flexibility index (Phi) is 7.30. The van der Waals surface area contributed by atoms with Crippen LogP contribution in [0.15, 0.2) is 24.3 Å². The molecule has 0 radical (unpaired) electrons. The molecule has 2 atom stereocenters. The number of piperidine rings is 1. The van der Waals surface area contributed by atoms with Gasteiger partial charge in [-0.2, -0.15) is 0 Å². The van der Waals surface area contributed by atoms with Gasteiger partial charge in [0, 0.05) is 17.1 Å². The monoisotopic (exact) mass is 318 g/mol. The summed E-state index contributed by atoms with van der Waals surface area (Å²) >= 11 is 6.00. The number of carbonyl (C=O) groups is 1. The molecule has 4 nitrogen and oxygen atoms in total. The Morgan fingerprint density at radius 3 is 2.85 bits per heavy atom. The van der Waals surface area contributed by atoms with Crippen LogP contribution in [0.1, 0.15) is 30.9 Å². The summed E-state index contributed by atoms with van der Waals surface area (Å²) in [6.45, 7) is 1.06. The second kappa shape index (κ2) is 8.47. The van der Waals surface area contributed by atoms with E-state index in [4.69, 9.17) is 11.6 Å². The van der Waals surface area contributed by atoms with E-state index in [0.717, 1.165) is 25.8 Å². The SMILES string of the molecule is Cl.O=C(NCC(O)c1ccccc1Cl)C1CCCCN1. The third-order valence-corrected chi connectivity index (χ3v) is 3.70. The lowest BCUT2D eigenvalue weighted by molar-refractivity contribution is -0.124. The summed E-state index contributed by atoms with van der Waals surface area (Å²) in [5, 5.41) is 16.5. The fraction of sp³-hybridized carbons (Fsp3) is 0.500.